The molecule has 6 aromatic rings. The molecule has 0 aliphatic rings. The number of unbranched alkanes of at least 4 members (excludes halogenated alkanes) is 2. The van der Waals surface area contributed by atoms with Gasteiger partial charge in [0.25, 0.3) is 0 Å². The van der Waals surface area contributed by atoms with E-state index in [-0.39, 0.29) is 0 Å². The molecular weight excluding hydrogens is 720 g/mol. The first-order valence-corrected chi connectivity index (χ1v) is 19.6. The fraction of sp³-hybridized carbons (Fsp3) is 0.273. The maximum absolute atomic E-state index is 6.52. The van der Waals surface area contributed by atoms with Gasteiger partial charge in [-0.2, -0.15) is 0 Å². The number of furan rings is 2. The third-order valence-corrected chi connectivity index (χ3v) is 10.4. The van der Waals surface area contributed by atoms with Crippen LogP contribution in [0.4, 0.5) is 0 Å². The summed E-state index contributed by atoms with van der Waals surface area (Å²) in [6, 6.07) is 39.7. The molecule has 2 heterocycles. The van der Waals surface area contributed by atoms with Crippen LogP contribution < -0.4 is 0 Å². The summed E-state index contributed by atoms with van der Waals surface area (Å²) < 4.78 is 13.0. The molecule has 0 spiro atoms. The third kappa shape index (κ3) is 8.33. The second-order valence-electron chi connectivity index (χ2n) is 12.7. The molecule has 0 fully saturated rings. The van der Waals surface area contributed by atoms with E-state index in [1.807, 2.05) is 0 Å². The molecule has 246 valence electrons. The van der Waals surface area contributed by atoms with Crippen LogP contribution in [0.3, 0.4) is 0 Å². The van der Waals surface area contributed by atoms with Crippen LogP contribution in [0, 0.1) is 0 Å². The van der Waals surface area contributed by atoms with Gasteiger partial charge in [0.05, 0.1) is 0 Å². The highest BCUT2D eigenvalue weighted by Gasteiger charge is 2.16. The number of benzene rings is 4. The minimum Gasteiger partial charge on any atom is -0.456 e. The quantitative estimate of drug-likeness (QED) is 0.0974. The summed E-state index contributed by atoms with van der Waals surface area (Å²) in [6.45, 7) is 4.48. The molecule has 4 heteroatoms. The lowest BCUT2D eigenvalue weighted by molar-refractivity contribution is 0.592. The molecule has 2 nitrogen and oxygen atoms in total. The molecule has 0 N–H and O–H groups in total. The van der Waals surface area contributed by atoms with Crippen LogP contribution in [0.25, 0.3) is 45.3 Å². The maximum Gasteiger partial charge on any atom is 0.137 e. The van der Waals surface area contributed by atoms with Crippen LogP contribution >= 0.6 is 31.9 Å². The van der Waals surface area contributed by atoms with Crippen molar-refractivity contribution in [3.05, 3.63) is 143 Å². The highest BCUT2D eigenvalue weighted by molar-refractivity contribution is 9.08. The van der Waals surface area contributed by atoms with Gasteiger partial charge in [0, 0.05) is 32.9 Å². The summed E-state index contributed by atoms with van der Waals surface area (Å²) in [4.78, 5) is 0. The third-order valence-electron chi connectivity index (χ3n) is 9.14. The Labute approximate surface area is 302 Å². The number of rotatable bonds is 15. The molecular formula is C44H44Br2O2. The minimum absolute atomic E-state index is 0.857. The summed E-state index contributed by atoms with van der Waals surface area (Å²) in [7, 11) is 0. The number of halogens is 2. The van der Waals surface area contributed by atoms with E-state index < -0.39 is 0 Å². The number of aryl methyl sites for hydroxylation is 4. The standard InChI is InChI=1S/C44H44Br2O2/c1-3-5-7-39-27-41(35-19-15-33(29-45)16-20-35)47-43(39)37-23-11-31(12-24-37)9-10-32-13-25-38(26-14-32)44-40(8-6-4-2)28-42(48-44)36-21-17-34(30-46)18-22-36/h11-28H,3-10,29-30H2,1-2H3. The maximum atomic E-state index is 6.52. The van der Waals surface area contributed by atoms with Gasteiger partial charge in [-0.25, -0.2) is 0 Å². The lowest BCUT2D eigenvalue weighted by Gasteiger charge is -2.07. The molecule has 0 atom stereocenters. The monoisotopic (exact) mass is 762 g/mol. The average molecular weight is 765 g/mol. The summed E-state index contributed by atoms with van der Waals surface area (Å²) in [5.74, 6) is 3.88. The van der Waals surface area contributed by atoms with Crippen molar-refractivity contribution in [1.82, 2.24) is 0 Å². The van der Waals surface area contributed by atoms with E-state index in [9.17, 15) is 0 Å². The van der Waals surface area contributed by atoms with Crippen molar-refractivity contribution in [3.8, 4) is 45.3 Å². The first-order chi connectivity index (χ1) is 23.6. The normalized spacial score (nSPS) is 11.3. The van der Waals surface area contributed by atoms with Gasteiger partial charge in [0.2, 0.25) is 0 Å². The van der Waals surface area contributed by atoms with E-state index in [1.54, 1.807) is 0 Å². The first-order valence-electron chi connectivity index (χ1n) is 17.3. The van der Waals surface area contributed by atoms with Crippen molar-refractivity contribution in [2.45, 2.75) is 75.9 Å². The zero-order chi connectivity index (χ0) is 33.3. The zero-order valence-electron chi connectivity index (χ0n) is 28.0. The zero-order valence-corrected chi connectivity index (χ0v) is 31.2. The van der Waals surface area contributed by atoms with Gasteiger partial charge in [-0.1, -0.05) is 156 Å². The van der Waals surface area contributed by atoms with Crippen molar-refractivity contribution in [1.29, 1.82) is 0 Å². The average Bonchev–Trinajstić information content (AvgIpc) is 3.78. The van der Waals surface area contributed by atoms with Gasteiger partial charge in [0.1, 0.15) is 23.0 Å². The molecule has 0 unspecified atom stereocenters. The Bertz CT molecular complexity index is 1740. The second kappa shape index (κ2) is 16.7. The molecule has 0 amide bonds. The van der Waals surface area contributed by atoms with Crippen molar-refractivity contribution in [2.75, 3.05) is 0 Å². The van der Waals surface area contributed by atoms with Crippen LogP contribution in [0.5, 0.6) is 0 Å². The lowest BCUT2D eigenvalue weighted by Crippen LogP contribution is -1.92. The summed E-state index contributed by atoms with van der Waals surface area (Å²) in [5, 5.41) is 1.71. The van der Waals surface area contributed by atoms with Crippen LogP contribution in [0.1, 0.15) is 72.9 Å². The Morgan fingerprint density at radius 2 is 0.750 bits per heavy atom. The van der Waals surface area contributed by atoms with Gasteiger partial charge < -0.3 is 8.83 Å². The van der Waals surface area contributed by atoms with E-state index in [0.29, 0.717) is 0 Å². The SMILES string of the molecule is CCCCc1cc(-c2ccc(CBr)cc2)oc1-c1ccc(CCc2ccc(-c3oc(-c4ccc(CBr)cc4)cc3CCCC)cc2)cc1. The smallest absolute Gasteiger partial charge is 0.137 e. The van der Waals surface area contributed by atoms with E-state index in [4.69, 9.17) is 8.83 Å². The highest BCUT2D eigenvalue weighted by atomic mass is 79.9. The van der Waals surface area contributed by atoms with Crippen LogP contribution in [0.15, 0.2) is 118 Å². The Balaban J connectivity index is 1.14. The lowest BCUT2D eigenvalue weighted by atomic mass is 9.98. The predicted octanol–water partition coefficient (Wildman–Crippen LogP) is 13.8. The van der Waals surface area contributed by atoms with Crippen molar-refractivity contribution < 1.29 is 8.83 Å². The molecule has 0 radical (unpaired) electrons. The van der Waals surface area contributed by atoms with Gasteiger partial charge >= 0.3 is 0 Å². The topological polar surface area (TPSA) is 26.3 Å². The summed E-state index contributed by atoms with van der Waals surface area (Å²) in [6.07, 6.45) is 8.65. The van der Waals surface area contributed by atoms with Crippen LogP contribution in [-0.4, -0.2) is 0 Å². The van der Waals surface area contributed by atoms with E-state index in [1.165, 1.54) is 33.4 Å². The Hall–Kier alpha value is -3.60. The molecule has 0 saturated heterocycles. The Morgan fingerprint density at radius 1 is 0.417 bits per heavy atom. The number of hydrogen-bond donors (Lipinski definition) is 0. The molecule has 0 aliphatic carbocycles. The summed E-state index contributed by atoms with van der Waals surface area (Å²) in [5.41, 5.74) is 12.3. The predicted molar refractivity (Wildman–Crippen MR) is 209 cm³/mol. The summed E-state index contributed by atoms with van der Waals surface area (Å²) >= 11 is 7.09. The van der Waals surface area contributed by atoms with Gasteiger partial charge in [-0.15, -0.1) is 0 Å². The number of alkyl halides is 2. The molecule has 0 bridgehead atoms. The molecule has 4 aromatic carbocycles. The molecule has 0 aliphatic heterocycles. The Morgan fingerprint density at radius 3 is 1.08 bits per heavy atom. The van der Waals surface area contributed by atoms with Crippen LogP contribution in [-0.2, 0) is 36.3 Å². The fourth-order valence-corrected chi connectivity index (χ4v) is 6.93. The van der Waals surface area contributed by atoms with Crippen LogP contribution in [0.2, 0.25) is 0 Å². The molecule has 6 rings (SSSR count). The minimum atomic E-state index is 0.857. The van der Waals surface area contributed by atoms with E-state index in [2.05, 4.69) is 155 Å². The largest absolute Gasteiger partial charge is 0.456 e. The second-order valence-corrected chi connectivity index (χ2v) is 13.8. The first kappa shape index (κ1) is 34.3. The van der Waals surface area contributed by atoms with Gasteiger partial charge in [-0.3, -0.25) is 0 Å². The van der Waals surface area contributed by atoms with Gasteiger partial charge in [-0.05, 0) is 84.0 Å². The number of hydrogen-bond acceptors (Lipinski definition) is 2. The van der Waals surface area contributed by atoms with Crippen molar-refractivity contribution in [3.63, 3.8) is 0 Å². The van der Waals surface area contributed by atoms with Crippen molar-refractivity contribution in [2.24, 2.45) is 0 Å². The van der Waals surface area contributed by atoms with E-state index in [0.717, 1.165) is 107 Å². The molecule has 48 heavy (non-hydrogen) atoms. The van der Waals surface area contributed by atoms with Crippen molar-refractivity contribution >= 4 is 31.9 Å². The Kier molecular flexibility index (Phi) is 11.9. The molecule has 0 saturated carbocycles. The molecule has 2 aromatic heterocycles. The van der Waals surface area contributed by atoms with Gasteiger partial charge in [0.15, 0.2) is 0 Å². The highest BCUT2D eigenvalue weighted by Crippen LogP contribution is 2.36. The van der Waals surface area contributed by atoms with E-state index >= 15 is 0 Å². The fourth-order valence-electron chi connectivity index (χ4n) is 6.19.